The first-order chi connectivity index (χ1) is 21.0. The Kier molecular flexibility index (Phi) is 10.8. The number of aromatic hydroxyl groups is 1. The molecule has 0 aliphatic carbocycles. The molecule has 3 aromatic rings. The van der Waals surface area contributed by atoms with Gasteiger partial charge in [0.05, 0.1) is 12.1 Å². The molecule has 2 saturated heterocycles. The number of aromatic nitrogens is 1. The molecule has 45 heavy (non-hydrogen) atoms. The largest absolute Gasteiger partial charge is 0.507 e. The van der Waals surface area contributed by atoms with E-state index in [2.05, 4.69) is 40.1 Å². The fourth-order valence-corrected chi connectivity index (χ4v) is 6.15. The number of rotatable bonds is 7. The van der Waals surface area contributed by atoms with Crippen LogP contribution in [0.5, 0.6) is 5.75 Å². The third-order valence-electron chi connectivity index (χ3n) is 8.62. The molecule has 2 aromatic carbocycles. The zero-order chi connectivity index (χ0) is 31.4. The van der Waals surface area contributed by atoms with Crippen molar-refractivity contribution in [2.24, 2.45) is 5.41 Å². The summed E-state index contributed by atoms with van der Waals surface area (Å²) in [5.41, 5.74) is 6.27. The predicted octanol–water partition coefficient (Wildman–Crippen LogP) is 3.89. The number of phenolic OH excluding ortho intramolecular Hbond substituents is 1. The third kappa shape index (κ3) is 7.61. The summed E-state index contributed by atoms with van der Waals surface area (Å²) in [6, 6.07) is 10.8. The molecule has 12 heteroatoms. The van der Waals surface area contributed by atoms with E-state index in [-0.39, 0.29) is 64.7 Å². The smallest absolute Gasteiger partial charge is 0.251 e. The Morgan fingerprint density at radius 3 is 2.36 bits per heavy atom. The third-order valence-corrected chi connectivity index (χ3v) is 8.62. The van der Waals surface area contributed by atoms with Crippen LogP contribution in [-0.2, 0) is 0 Å². The van der Waals surface area contributed by atoms with Gasteiger partial charge in [-0.05, 0) is 74.5 Å². The van der Waals surface area contributed by atoms with Gasteiger partial charge in [0.1, 0.15) is 22.9 Å². The average Bonchev–Trinajstić information content (AvgIpc) is 3.22. The molecule has 3 heterocycles. The zero-order valence-electron chi connectivity index (χ0n) is 25.4. The monoisotopic (exact) mass is 638 g/mol. The summed E-state index contributed by atoms with van der Waals surface area (Å²) in [7, 11) is 0. The number of hydrogen-bond donors (Lipinski definition) is 6. The van der Waals surface area contributed by atoms with Crippen molar-refractivity contribution in [1.29, 1.82) is 0 Å². The van der Waals surface area contributed by atoms with Crippen molar-refractivity contribution in [3.05, 3.63) is 88.4 Å². The van der Waals surface area contributed by atoms with Crippen LogP contribution in [0.15, 0.2) is 54.7 Å². The Balaban J connectivity index is 0.00000461. The number of piperidine rings is 1. The van der Waals surface area contributed by atoms with Crippen molar-refractivity contribution in [1.82, 2.24) is 26.3 Å². The normalized spacial score (nSPS) is 21.1. The Hall–Kier alpha value is -4.06. The van der Waals surface area contributed by atoms with Gasteiger partial charge in [0.15, 0.2) is 5.78 Å². The highest BCUT2D eigenvalue weighted by molar-refractivity contribution is 6.11. The van der Waals surface area contributed by atoms with Crippen molar-refractivity contribution in [2.75, 3.05) is 25.4 Å². The maximum Gasteiger partial charge on any atom is 0.251 e. The van der Waals surface area contributed by atoms with Crippen molar-refractivity contribution >= 4 is 35.8 Å². The van der Waals surface area contributed by atoms with Gasteiger partial charge >= 0.3 is 0 Å². The van der Waals surface area contributed by atoms with E-state index in [0.29, 0.717) is 29.7 Å². The number of nitrogens with one attached hydrogen (secondary N) is 4. The summed E-state index contributed by atoms with van der Waals surface area (Å²) < 4.78 is 15.8. The van der Waals surface area contributed by atoms with Crippen molar-refractivity contribution < 1.29 is 23.9 Å². The number of pyridine rings is 1. The van der Waals surface area contributed by atoms with E-state index in [1.165, 1.54) is 48.7 Å². The molecule has 0 saturated carbocycles. The van der Waals surface area contributed by atoms with Crippen molar-refractivity contribution in [2.45, 2.75) is 57.7 Å². The van der Waals surface area contributed by atoms with Crippen LogP contribution in [0, 0.1) is 11.2 Å². The Bertz CT molecular complexity index is 1550. The molecule has 2 aliphatic rings. The summed E-state index contributed by atoms with van der Waals surface area (Å²) in [5, 5.41) is 23.2. The molecule has 240 valence electrons. The molecule has 2 amide bonds. The second-order valence-corrected chi connectivity index (χ2v) is 12.2. The number of hydrogen-bond acceptors (Lipinski definition) is 8. The van der Waals surface area contributed by atoms with Gasteiger partial charge in [-0.3, -0.25) is 14.4 Å². The zero-order valence-corrected chi connectivity index (χ0v) is 26.2. The Labute approximate surface area is 268 Å². The summed E-state index contributed by atoms with van der Waals surface area (Å²) in [4.78, 5) is 43.5. The highest BCUT2D eigenvalue weighted by Crippen LogP contribution is 2.42. The number of amides is 2. The number of nitrogens with zero attached hydrogens (tertiary/aromatic N) is 1. The van der Waals surface area contributed by atoms with E-state index in [4.69, 9.17) is 5.73 Å². The summed E-state index contributed by atoms with van der Waals surface area (Å²) >= 11 is 0. The molecule has 5 rings (SSSR count). The van der Waals surface area contributed by atoms with Gasteiger partial charge in [0, 0.05) is 41.0 Å². The van der Waals surface area contributed by atoms with Gasteiger partial charge in [-0.25, -0.2) is 9.37 Å². The first-order valence-corrected chi connectivity index (χ1v) is 15.0. The molecule has 10 nitrogen and oxygen atoms in total. The molecule has 0 spiro atoms. The number of ketones is 1. The summed E-state index contributed by atoms with van der Waals surface area (Å²) in [6.07, 6.45) is 4.78. The highest BCUT2D eigenvalue weighted by Gasteiger charge is 2.36. The number of anilines is 1. The molecule has 1 aromatic heterocycles. The quantitative estimate of drug-likeness (QED) is 0.213. The summed E-state index contributed by atoms with van der Waals surface area (Å²) in [6.45, 7) is 6.06. The predicted molar refractivity (Wildman–Crippen MR) is 172 cm³/mol. The maximum absolute atomic E-state index is 15.8. The molecule has 0 bridgehead atoms. The first kappa shape index (κ1) is 33.8. The van der Waals surface area contributed by atoms with Crippen LogP contribution in [0.2, 0.25) is 0 Å². The van der Waals surface area contributed by atoms with Gasteiger partial charge in [-0.1, -0.05) is 32.0 Å². The molecule has 2 aliphatic heterocycles. The fourth-order valence-electron chi connectivity index (χ4n) is 6.15. The van der Waals surface area contributed by atoms with E-state index >= 15 is 4.39 Å². The minimum atomic E-state index is -0.742. The topological polar surface area (TPSA) is 158 Å². The number of halogens is 2. The minimum absolute atomic E-state index is 0. The maximum atomic E-state index is 15.8. The Morgan fingerprint density at radius 2 is 1.64 bits per heavy atom. The van der Waals surface area contributed by atoms with Crippen LogP contribution >= 0.6 is 12.4 Å². The van der Waals surface area contributed by atoms with E-state index in [0.717, 1.165) is 32.4 Å². The van der Waals surface area contributed by atoms with E-state index in [1.807, 2.05) is 0 Å². The Morgan fingerprint density at radius 1 is 0.956 bits per heavy atom. The second-order valence-electron chi connectivity index (χ2n) is 12.2. The number of nitrogens with two attached hydrogens (primary N) is 1. The lowest BCUT2D eigenvalue weighted by Gasteiger charge is -2.40. The number of carbonyl (C=O) groups is 3. The van der Waals surface area contributed by atoms with Crippen molar-refractivity contribution in [3.63, 3.8) is 0 Å². The minimum Gasteiger partial charge on any atom is -0.507 e. The van der Waals surface area contributed by atoms with Crippen LogP contribution in [-0.4, -0.2) is 59.4 Å². The molecule has 1 unspecified atom stereocenters. The van der Waals surface area contributed by atoms with Crippen LogP contribution in [0.4, 0.5) is 10.2 Å². The number of benzene rings is 2. The van der Waals surface area contributed by atoms with Crippen molar-refractivity contribution in [3.8, 4) is 5.75 Å². The first-order valence-electron chi connectivity index (χ1n) is 15.0. The lowest BCUT2D eigenvalue weighted by Crippen LogP contribution is -2.54. The van der Waals surface area contributed by atoms with Crippen LogP contribution < -0.4 is 27.0 Å². The van der Waals surface area contributed by atoms with Gasteiger partial charge in [-0.2, -0.15) is 0 Å². The van der Waals surface area contributed by atoms with Gasteiger partial charge in [-0.15, -0.1) is 12.4 Å². The molecular formula is C33H40ClFN6O4. The van der Waals surface area contributed by atoms with Gasteiger partial charge < -0.3 is 32.1 Å². The standard InChI is InChI=1S/C33H39FN6O4.ClH/c1-33(2)13-4-15-38-30(33)22-10-11-25(41)27(28(22)34)29(42)19-6-8-20(9-7-19)31(43)39-23-5-3-14-36-18-24(23)40-32(44)21-12-16-37-26(35)17-21;/h6-12,16-17,23-24,30,36,38,41H,3-5,13-15,18H2,1-2H3,(H2,35,37)(H,39,43)(H,40,44);1H/t23-,24-,30?;/m1./s1. The lowest BCUT2D eigenvalue weighted by atomic mass is 9.74. The van der Waals surface area contributed by atoms with E-state index in [9.17, 15) is 19.5 Å². The van der Waals surface area contributed by atoms with Crippen LogP contribution in [0.1, 0.15) is 87.8 Å². The molecule has 0 radical (unpaired) electrons. The fraction of sp³-hybridized carbons (Fsp3) is 0.394. The van der Waals surface area contributed by atoms with E-state index in [1.54, 1.807) is 6.07 Å². The molecule has 2 fully saturated rings. The van der Waals surface area contributed by atoms with Crippen LogP contribution in [0.3, 0.4) is 0 Å². The lowest BCUT2D eigenvalue weighted by molar-refractivity contribution is 0.0882. The molecule has 7 N–H and O–H groups in total. The number of carbonyl (C=O) groups excluding carboxylic acids is 3. The second kappa shape index (κ2) is 14.4. The average molecular weight is 639 g/mol. The number of phenols is 1. The van der Waals surface area contributed by atoms with Crippen LogP contribution in [0.25, 0.3) is 0 Å². The van der Waals surface area contributed by atoms with E-state index < -0.39 is 17.3 Å². The molecule has 3 atom stereocenters. The van der Waals surface area contributed by atoms with Gasteiger partial charge in [0.25, 0.3) is 11.8 Å². The highest BCUT2D eigenvalue weighted by atomic mass is 35.5. The van der Waals surface area contributed by atoms with Gasteiger partial charge in [0.2, 0.25) is 0 Å². The number of nitrogen functional groups attached to an aromatic ring is 1. The summed E-state index contributed by atoms with van der Waals surface area (Å²) in [5.74, 6) is -2.30. The molecular weight excluding hydrogens is 599 g/mol. The SMILES string of the molecule is CC1(C)CCCNC1c1ccc(O)c(C(=O)c2ccc(C(=O)N[C@@H]3CCCNC[C@H]3NC(=O)c3ccnc(N)c3)cc2)c1F.Cl.